The number of esters is 1. The summed E-state index contributed by atoms with van der Waals surface area (Å²) >= 11 is 2.26. The maximum absolute atomic E-state index is 11.3. The zero-order chi connectivity index (χ0) is 9.57. The van der Waals surface area contributed by atoms with Gasteiger partial charge in [-0.15, -0.1) is 0 Å². The fraction of sp³-hybridized carbons (Fsp3) is 0.667. The molecule has 0 radical (unpaired) electrons. The third-order valence-electron chi connectivity index (χ3n) is 1.81. The van der Waals surface area contributed by atoms with Crippen LogP contribution in [0.3, 0.4) is 0 Å². The zero-order valence-electron chi connectivity index (χ0n) is 7.77. The van der Waals surface area contributed by atoms with Crippen molar-refractivity contribution >= 4 is 28.6 Å². The van der Waals surface area contributed by atoms with Crippen LogP contribution in [0.4, 0.5) is 0 Å². The third kappa shape index (κ3) is 1.81. The highest BCUT2D eigenvalue weighted by Gasteiger charge is 2.39. The second-order valence-electron chi connectivity index (χ2n) is 4.09. The fourth-order valence-electron chi connectivity index (χ4n) is 0.940. The van der Waals surface area contributed by atoms with Crippen LogP contribution < -0.4 is 0 Å². The van der Waals surface area contributed by atoms with Gasteiger partial charge in [0.2, 0.25) is 0 Å². The number of alkyl halides is 1. The molecule has 0 spiro atoms. The highest BCUT2D eigenvalue weighted by Crippen LogP contribution is 2.38. The lowest BCUT2D eigenvalue weighted by Crippen LogP contribution is -2.18. The quantitative estimate of drug-likeness (QED) is 0.419. The Bertz CT molecular complexity index is 246. The molecule has 0 aromatic heterocycles. The van der Waals surface area contributed by atoms with Gasteiger partial charge >= 0.3 is 5.97 Å². The third-order valence-corrected chi connectivity index (χ3v) is 2.34. The van der Waals surface area contributed by atoms with E-state index in [4.69, 9.17) is 4.74 Å². The molecule has 0 aromatic rings. The summed E-state index contributed by atoms with van der Waals surface area (Å²) in [7, 11) is 0. The van der Waals surface area contributed by atoms with Gasteiger partial charge in [0.05, 0.1) is 8.84 Å². The first-order valence-electron chi connectivity index (χ1n) is 3.88. The first-order chi connectivity index (χ1) is 5.23. The molecule has 0 bridgehead atoms. The van der Waals surface area contributed by atoms with E-state index in [1.54, 1.807) is 0 Å². The molecule has 68 valence electrons. The predicted molar refractivity (Wildman–Crippen MR) is 56.1 cm³/mol. The monoisotopic (exact) mass is 280 g/mol. The highest BCUT2D eigenvalue weighted by molar-refractivity contribution is 14.1. The van der Waals surface area contributed by atoms with Gasteiger partial charge < -0.3 is 4.74 Å². The van der Waals surface area contributed by atoms with Gasteiger partial charge in [-0.25, -0.2) is 0 Å². The maximum Gasteiger partial charge on any atom is 0.320 e. The Kier molecular flexibility index (Phi) is 2.27. The van der Waals surface area contributed by atoms with Gasteiger partial charge in [0.1, 0.15) is 5.76 Å². The number of cyclic esters (lactones) is 1. The zero-order valence-corrected chi connectivity index (χ0v) is 9.93. The number of hydrogen-bond donors (Lipinski definition) is 0. The molecule has 12 heavy (non-hydrogen) atoms. The average molecular weight is 280 g/mol. The number of allylic oxidation sites excluding steroid dienone is 1. The molecular weight excluding hydrogens is 267 g/mol. The molecule has 0 saturated carbocycles. The molecule has 0 aromatic carbocycles. The lowest BCUT2D eigenvalue weighted by Gasteiger charge is -2.15. The summed E-state index contributed by atoms with van der Waals surface area (Å²) in [6.07, 6.45) is 1.90. The number of rotatable bonds is 1. The molecule has 0 fully saturated rings. The number of hydrogen-bond acceptors (Lipinski definition) is 2. The van der Waals surface area contributed by atoms with Crippen LogP contribution in [0, 0.1) is 5.41 Å². The van der Waals surface area contributed by atoms with Gasteiger partial charge in [0.15, 0.2) is 0 Å². The van der Waals surface area contributed by atoms with E-state index in [-0.39, 0.29) is 9.39 Å². The van der Waals surface area contributed by atoms with Crippen molar-refractivity contribution in [3.05, 3.63) is 11.8 Å². The van der Waals surface area contributed by atoms with Crippen LogP contribution in [0.1, 0.15) is 27.7 Å². The van der Waals surface area contributed by atoms with Crippen LogP contribution in [0.25, 0.3) is 0 Å². The molecule has 1 aliphatic heterocycles. The van der Waals surface area contributed by atoms with Crippen LogP contribution >= 0.6 is 22.6 Å². The standard InChI is InChI=1S/C9H13IO2/c1-8(2)5-6(9(3,4)10)12-7(8)11/h5H,1-4H3. The molecule has 1 rings (SSSR count). The van der Waals surface area contributed by atoms with Crippen LogP contribution in [-0.2, 0) is 9.53 Å². The van der Waals surface area contributed by atoms with E-state index in [0.29, 0.717) is 0 Å². The molecule has 1 aliphatic rings. The Balaban J connectivity index is 2.95. The Morgan fingerprint density at radius 2 is 2.00 bits per heavy atom. The minimum absolute atomic E-state index is 0.0960. The smallest absolute Gasteiger partial charge is 0.320 e. The summed E-state index contributed by atoms with van der Waals surface area (Å²) in [6, 6.07) is 0. The maximum atomic E-state index is 11.3. The van der Waals surface area contributed by atoms with Crippen LogP contribution in [0.5, 0.6) is 0 Å². The second kappa shape index (κ2) is 2.72. The van der Waals surface area contributed by atoms with E-state index in [9.17, 15) is 4.79 Å². The summed E-state index contributed by atoms with van der Waals surface area (Å²) in [5.74, 6) is 0.625. The Hall–Kier alpha value is -0.0600. The van der Waals surface area contributed by atoms with Gasteiger partial charge in [-0.1, -0.05) is 22.6 Å². The van der Waals surface area contributed by atoms with Crippen molar-refractivity contribution in [2.24, 2.45) is 5.41 Å². The van der Waals surface area contributed by atoms with Gasteiger partial charge in [0, 0.05) is 0 Å². The summed E-state index contributed by atoms with van der Waals surface area (Å²) in [4.78, 5) is 11.3. The van der Waals surface area contributed by atoms with E-state index in [1.165, 1.54) is 0 Å². The first-order valence-corrected chi connectivity index (χ1v) is 4.96. The molecule has 0 amide bonds. The summed E-state index contributed by atoms with van der Waals surface area (Å²) in [5.41, 5.74) is -0.447. The Labute approximate surface area is 86.5 Å². The second-order valence-corrected chi connectivity index (χ2v) is 6.79. The van der Waals surface area contributed by atoms with Crippen LogP contribution in [0.15, 0.2) is 11.8 Å². The van der Waals surface area contributed by atoms with E-state index >= 15 is 0 Å². The van der Waals surface area contributed by atoms with Crippen molar-refractivity contribution in [1.82, 2.24) is 0 Å². The predicted octanol–water partition coefficient (Wildman–Crippen LogP) is 2.67. The van der Waals surface area contributed by atoms with Gasteiger partial charge in [-0.05, 0) is 33.8 Å². The van der Waals surface area contributed by atoms with Crippen molar-refractivity contribution in [3.8, 4) is 0 Å². The van der Waals surface area contributed by atoms with Crippen molar-refractivity contribution in [3.63, 3.8) is 0 Å². The normalized spacial score (nSPS) is 22.1. The summed E-state index contributed by atoms with van der Waals surface area (Å²) in [6.45, 7) is 7.78. The molecule has 0 aliphatic carbocycles. The topological polar surface area (TPSA) is 26.3 Å². The van der Waals surface area contributed by atoms with E-state index in [1.807, 2.05) is 33.8 Å². The van der Waals surface area contributed by atoms with Crippen molar-refractivity contribution in [2.75, 3.05) is 0 Å². The molecule has 3 heteroatoms. The highest BCUT2D eigenvalue weighted by atomic mass is 127. The number of halogens is 1. The number of ether oxygens (including phenoxy) is 1. The molecule has 2 nitrogen and oxygen atoms in total. The molecule has 0 atom stereocenters. The SMILES string of the molecule is CC(C)(I)C1=CC(C)(C)C(=O)O1. The molecule has 0 N–H and O–H groups in total. The molecular formula is C9H13IO2. The van der Waals surface area contributed by atoms with Crippen molar-refractivity contribution in [1.29, 1.82) is 0 Å². The molecule has 0 unspecified atom stereocenters. The van der Waals surface area contributed by atoms with E-state index < -0.39 is 5.41 Å². The van der Waals surface area contributed by atoms with Gasteiger partial charge in [-0.2, -0.15) is 0 Å². The average Bonchev–Trinajstić information content (AvgIpc) is 2.06. The van der Waals surface area contributed by atoms with Crippen molar-refractivity contribution < 1.29 is 9.53 Å². The Morgan fingerprint density at radius 3 is 2.17 bits per heavy atom. The van der Waals surface area contributed by atoms with E-state index in [0.717, 1.165) is 5.76 Å². The van der Waals surface area contributed by atoms with Crippen molar-refractivity contribution in [2.45, 2.75) is 31.1 Å². The summed E-state index contributed by atoms with van der Waals surface area (Å²) in [5, 5.41) is 0. The van der Waals surface area contributed by atoms with Gasteiger partial charge in [-0.3, -0.25) is 4.79 Å². The van der Waals surface area contributed by atoms with E-state index in [2.05, 4.69) is 22.6 Å². The first kappa shape index (κ1) is 10.0. The number of carbonyl (C=O) groups is 1. The van der Waals surface area contributed by atoms with Crippen LogP contribution in [0.2, 0.25) is 0 Å². The molecule has 0 saturated heterocycles. The molecule has 1 heterocycles. The minimum atomic E-state index is -0.447. The lowest BCUT2D eigenvalue weighted by molar-refractivity contribution is -0.144. The summed E-state index contributed by atoms with van der Waals surface area (Å²) < 4.78 is 5.06. The number of carbonyl (C=O) groups excluding carboxylic acids is 1. The fourth-order valence-corrected chi connectivity index (χ4v) is 1.21. The Morgan fingerprint density at radius 1 is 1.50 bits per heavy atom. The lowest BCUT2D eigenvalue weighted by atomic mass is 9.94. The van der Waals surface area contributed by atoms with Crippen LogP contribution in [-0.4, -0.2) is 9.39 Å². The largest absolute Gasteiger partial charge is 0.429 e. The minimum Gasteiger partial charge on any atom is -0.429 e. The van der Waals surface area contributed by atoms with Gasteiger partial charge in [0.25, 0.3) is 0 Å².